The Morgan fingerprint density at radius 3 is 1.43 bits per heavy atom. The van der Waals surface area contributed by atoms with Crippen LogP contribution in [-0.4, -0.2) is 19.4 Å². The third-order valence-electron chi connectivity index (χ3n) is 8.07. The number of aryl methyl sites for hydroxylation is 2. The molecule has 49 heavy (non-hydrogen) atoms. The van der Waals surface area contributed by atoms with Gasteiger partial charge in [-0.1, -0.05) is 151 Å². The molecule has 0 heterocycles. The molecule has 7 heteroatoms. The zero-order valence-corrected chi connectivity index (χ0v) is 33.8. The van der Waals surface area contributed by atoms with Gasteiger partial charge in [0.15, 0.2) is 0 Å². The summed E-state index contributed by atoms with van der Waals surface area (Å²) in [6, 6.07) is 29.1. The van der Waals surface area contributed by atoms with Crippen LogP contribution in [-0.2, 0) is 43.1 Å². The fourth-order valence-corrected chi connectivity index (χ4v) is 5.43. The van der Waals surface area contributed by atoms with E-state index in [1.54, 1.807) is 0 Å². The van der Waals surface area contributed by atoms with Gasteiger partial charge < -0.3 is 11.1 Å². The van der Waals surface area contributed by atoms with Gasteiger partial charge in [-0.25, -0.2) is 0 Å². The number of halogens is 4. The van der Waals surface area contributed by atoms with E-state index in [1.165, 1.54) is 38.9 Å². The number of nitrogens with one attached hydrogen (secondary N) is 1. The smallest absolute Gasteiger partial charge is 0.150 e. The van der Waals surface area contributed by atoms with Crippen LogP contribution in [0.2, 0.25) is 10.0 Å². The lowest BCUT2D eigenvalue weighted by Crippen LogP contribution is -2.17. The number of carbonyl (C=O) groups is 1. The van der Waals surface area contributed by atoms with Crippen LogP contribution in [0.15, 0.2) is 84.9 Å². The van der Waals surface area contributed by atoms with E-state index < -0.39 is 0 Å². The Balaban J connectivity index is 0.000000754. The number of nitrogens with two attached hydrogens (primary N) is 1. The number of rotatable bonds is 10. The van der Waals surface area contributed by atoms with Crippen LogP contribution in [0.4, 0.5) is 0 Å². The molecule has 0 aliphatic heterocycles. The fourth-order valence-electron chi connectivity index (χ4n) is 4.93. The molecule has 0 saturated heterocycles. The quantitative estimate of drug-likeness (QED) is 0.125. The Morgan fingerprint density at radius 1 is 0.633 bits per heavy atom. The van der Waals surface area contributed by atoms with Crippen LogP contribution in [0.5, 0.6) is 0 Å². The van der Waals surface area contributed by atoms with Crippen LogP contribution in [0, 0.1) is 0 Å². The number of hydrogen-bond acceptors (Lipinski definition) is 3. The van der Waals surface area contributed by atoms with E-state index in [9.17, 15) is 4.79 Å². The molecule has 0 aliphatic rings. The topological polar surface area (TPSA) is 55.1 Å². The highest BCUT2D eigenvalue weighted by atomic mass is 35.5. The molecule has 0 saturated carbocycles. The second-order valence-electron chi connectivity index (χ2n) is 14.0. The highest BCUT2D eigenvalue weighted by Gasteiger charge is 2.13. The van der Waals surface area contributed by atoms with Crippen LogP contribution < -0.4 is 11.1 Å². The van der Waals surface area contributed by atoms with Gasteiger partial charge >= 0.3 is 0 Å². The summed E-state index contributed by atoms with van der Waals surface area (Å²) in [5.74, 6) is 0. The van der Waals surface area contributed by atoms with Crippen molar-refractivity contribution >= 4 is 54.3 Å². The average Bonchev–Trinajstić information content (AvgIpc) is 3.05. The van der Waals surface area contributed by atoms with Crippen molar-refractivity contribution in [3.8, 4) is 0 Å². The Morgan fingerprint density at radius 2 is 1.04 bits per heavy atom. The monoisotopic (exact) mass is 746 g/mol. The van der Waals surface area contributed by atoms with Crippen molar-refractivity contribution in [3.63, 3.8) is 0 Å². The minimum Gasteiger partial charge on any atom is -0.330 e. The third kappa shape index (κ3) is 16.9. The Hall–Kier alpha value is -2.37. The van der Waals surface area contributed by atoms with Gasteiger partial charge in [0.25, 0.3) is 0 Å². The Kier molecular flexibility index (Phi) is 22.1. The molecule has 4 rings (SSSR count). The van der Waals surface area contributed by atoms with E-state index in [0.717, 1.165) is 60.7 Å². The molecule has 0 spiro atoms. The predicted octanol–water partition coefficient (Wildman–Crippen LogP) is 11.6. The average molecular weight is 749 g/mol. The highest BCUT2D eigenvalue weighted by molar-refractivity contribution is 6.31. The number of aldehydes is 1. The van der Waals surface area contributed by atoms with Crippen molar-refractivity contribution in [2.45, 2.75) is 98.4 Å². The van der Waals surface area contributed by atoms with Gasteiger partial charge in [0.2, 0.25) is 0 Å². The maximum atomic E-state index is 10.4. The summed E-state index contributed by atoms with van der Waals surface area (Å²) in [6.07, 6.45) is 4.80. The van der Waals surface area contributed by atoms with E-state index in [2.05, 4.69) is 103 Å². The van der Waals surface area contributed by atoms with Gasteiger partial charge in [0, 0.05) is 22.2 Å². The molecular formula is C42H58Cl4N2O. The third-order valence-corrected chi connectivity index (χ3v) is 8.80. The maximum absolute atomic E-state index is 10.4. The standard InChI is InChI=1S/C21H28ClN.C11H14O.C10H14ClN.2ClH/c1-5-18-14-16(8-11-20(18)22)12-13-23-15-17-6-9-19(10-7-17)21(2,3)4;1-11(2,3)10-6-4-9(8-12)5-7-10;1-2-9-7-8(5-6-12)3-4-10(9)11;;/h6-11,14,23H,5,12-13,15H2,1-4H3;4-8H,1-3H3;3-4,7H,2,5-6,12H2,1H3;2*1H. The first-order chi connectivity index (χ1) is 22.2. The summed E-state index contributed by atoms with van der Waals surface area (Å²) >= 11 is 12.1. The molecule has 0 fully saturated rings. The van der Waals surface area contributed by atoms with Crippen molar-refractivity contribution in [2.24, 2.45) is 5.73 Å². The molecule has 4 aromatic carbocycles. The summed E-state index contributed by atoms with van der Waals surface area (Å²) in [7, 11) is 0. The first-order valence-electron chi connectivity index (χ1n) is 16.8. The lowest BCUT2D eigenvalue weighted by atomic mass is 9.87. The van der Waals surface area contributed by atoms with E-state index in [0.29, 0.717) is 6.54 Å². The molecular weight excluding hydrogens is 690 g/mol. The highest BCUT2D eigenvalue weighted by Crippen LogP contribution is 2.23. The van der Waals surface area contributed by atoms with Gasteiger partial charge in [-0.15, -0.1) is 24.8 Å². The number of benzene rings is 4. The molecule has 0 aliphatic carbocycles. The molecule has 0 amide bonds. The second kappa shape index (κ2) is 23.2. The van der Waals surface area contributed by atoms with Crippen molar-refractivity contribution < 1.29 is 4.79 Å². The van der Waals surface area contributed by atoms with Gasteiger partial charge in [0.1, 0.15) is 6.29 Å². The summed E-state index contributed by atoms with van der Waals surface area (Å²) < 4.78 is 0. The van der Waals surface area contributed by atoms with Gasteiger partial charge in [-0.2, -0.15) is 0 Å². The van der Waals surface area contributed by atoms with Gasteiger partial charge in [0.05, 0.1) is 0 Å². The Labute approximate surface area is 319 Å². The van der Waals surface area contributed by atoms with E-state index in [-0.39, 0.29) is 35.6 Å². The van der Waals surface area contributed by atoms with E-state index >= 15 is 0 Å². The molecule has 0 bridgehead atoms. The first kappa shape index (κ1) is 46.6. The minimum atomic E-state index is 0. The molecule has 3 nitrogen and oxygen atoms in total. The molecule has 3 N–H and O–H groups in total. The van der Waals surface area contributed by atoms with Crippen molar-refractivity contribution in [2.75, 3.05) is 13.1 Å². The van der Waals surface area contributed by atoms with Gasteiger partial charge in [-0.05, 0) is 101 Å². The summed E-state index contributed by atoms with van der Waals surface area (Å²) in [5.41, 5.74) is 15.6. The summed E-state index contributed by atoms with van der Waals surface area (Å²) in [4.78, 5) is 10.4. The first-order valence-corrected chi connectivity index (χ1v) is 17.6. The number of hydrogen-bond donors (Lipinski definition) is 2. The summed E-state index contributed by atoms with van der Waals surface area (Å²) in [5, 5.41) is 5.26. The summed E-state index contributed by atoms with van der Waals surface area (Å²) in [6.45, 7) is 20.0. The van der Waals surface area contributed by atoms with E-state index in [1.807, 2.05) is 42.5 Å². The normalized spacial score (nSPS) is 10.8. The molecule has 0 atom stereocenters. The lowest BCUT2D eigenvalue weighted by molar-refractivity contribution is 0.112. The SMILES string of the molecule is CC(C)(C)c1ccc(C=O)cc1.CCc1cc(CCN)ccc1Cl.CCc1cc(CCNCc2ccc(C(C)(C)C)cc2)ccc1Cl.Cl.Cl. The van der Waals surface area contributed by atoms with Crippen LogP contribution in [0.1, 0.15) is 105 Å². The molecule has 0 aromatic heterocycles. The fraction of sp³-hybridized carbons (Fsp3) is 0.405. The van der Waals surface area contributed by atoms with Crippen LogP contribution in [0.3, 0.4) is 0 Å². The van der Waals surface area contributed by atoms with Crippen molar-refractivity contribution in [1.82, 2.24) is 5.32 Å². The predicted molar refractivity (Wildman–Crippen MR) is 220 cm³/mol. The van der Waals surface area contributed by atoms with Crippen LogP contribution >= 0.6 is 48.0 Å². The van der Waals surface area contributed by atoms with Gasteiger partial charge in [-0.3, -0.25) is 4.79 Å². The number of carbonyl (C=O) groups excluding carboxylic acids is 1. The minimum absolute atomic E-state index is 0. The van der Waals surface area contributed by atoms with Crippen LogP contribution in [0.25, 0.3) is 0 Å². The van der Waals surface area contributed by atoms with E-state index in [4.69, 9.17) is 28.9 Å². The maximum Gasteiger partial charge on any atom is 0.150 e. The molecule has 0 radical (unpaired) electrons. The zero-order valence-electron chi connectivity index (χ0n) is 30.7. The Bertz CT molecular complexity index is 1510. The lowest BCUT2D eigenvalue weighted by Gasteiger charge is -2.19. The molecule has 270 valence electrons. The molecule has 0 unspecified atom stereocenters. The second-order valence-corrected chi connectivity index (χ2v) is 14.8. The molecule has 4 aromatic rings. The zero-order chi connectivity index (χ0) is 35.0. The van der Waals surface area contributed by atoms with Crippen molar-refractivity contribution in [1.29, 1.82) is 0 Å². The largest absolute Gasteiger partial charge is 0.330 e. The van der Waals surface area contributed by atoms with Crippen molar-refractivity contribution in [3.05, 3.63) is 139 Å².